The van der Waals surface area contributed by atoms with Gasteiger partial charge >= 0.3 is 5.97 Å². The number of sulfonamides is 1. The van der Waals surface area contributed by atoms with Crippen LogP contribution < -0.4 is 4.31 Å². The molecule has 1 aromatic rings. The third kappa shape index (κ3) is 3.92. The van der Waals surface area contributed by atoms with Crippen molar-refractivity contribution in [1.82, 2.24) is 0 Å². The molecule has 0 radical (unpaired) electrons. The van der Waals surface area contributed by atoms with E-state index in [1.165, 1.54) is 25.2 Å². The van der Waals surface area contributed by atoms with Gasteiger partial charge in [0.25, 0.3) is 0 Å². The summed E-state index contributed by atoms with van der Waals surface area (Å²) in [6, 6.07) is 5.85. The lowest BCUT2D eigenvalue weighted by Crippen LogP contribution is -2.29. The van der Waals surface area contributed by atoms with Crippen LogP contribution in [0.2, 0.25) is 0 Å². The summed E-state index contributed by atoms with van der Waals surface area (Å²) in [4.78, 5) is 10.3. The molecule has 0 aliphatic rings. The monoisotopic (exact) mass is 273 g/mol. The van der Waals surface area contributed by atoms with Crippen molar-refractivity contribution in [3.63, 3.8) is 0 Å². The smallest absolute Gasteiger partial charge is 0.303 e. The quantitative estimate of drug-likeness (QED) is 0.807. The number of benzene rings is 1. The molecule has 0 aromatic heterocycles. The van der Waals surface area contributed by atoms with Crippen LogP contribution in [0.4, 0.5) is 5.69 Å². The predicted octanol–water partition coefficient (Wildman–Crippen LogP) is 1.02. The van der Waals surface area contributed by atoms with E-state index in [1.807, 2.05) is 0 Å². The Hall–Kier alpha value is -1.76. The number of hydrogen-bond donors (Lipinski definition) is 2. The van der Waals surface area contributed by atoms with Crippen LogP contribution in [0.1, 0.15) is 12.8 Å². The van der Waals surface area contributed by atoms with Gasteiger partial charge in [-0.2, -0.15) is 0 Å². The summed E-state index contributed by atoms with van der Waals surface area (Å²) in [5.74, 6) is -1.30. The molecule has 1 aromatic carbocycles. The van der Waals surface area contributed by atoms with Gasteiger partial charge in [0, 0.05) is 19.5 Å². The van der Waals surface area contributed by atoms with E-state index < -0.39 is 16.0 Å². The van der Waals surface area contributed by atoms with Gasteiger partial charge in [0.15, 0.2) is 0 Å². The maximum absolute atomic E-state index is 11.9. The molecule has 0 aliphatic heterocycles. The molecule has 0 spiro atoms. The molecule has 6 nitrogen and oxygen atoms in total. The molecule has 18 heavy (non-hydrogen) atoms. The number of phenols is 1. The summed E-state index contributed by atoms with van der Waals surface area (Å²) in [5, 5.41) is 17.7. The van der Waals surface area contributed by atoms with Gasteiger partial charge in [-0.05, 0) is 18.6 Å². The Labute approximate surface area is 106 Å². The Kier molecular flexibility index (Phi) is 4.55. The topological polar surface area (TPSA) is 94.9 Å². The summed E-state index contributed by atoms with van der Waals surface area (Å²) < 4.78 is 24.8. The molecule has 0 heterocycles. The van der Waals surface area contributed by atoms with Crippen molar-refractivity contribution in [3.8, 4) is 5.75 Å². The second-order valence-corrected chi connectivity index (χ2v) is 5.92. The van der Waals surface area contributed by atoms with Crippen LogP contribution in [0.3, 0.4) is 0 Å². The Balaban J connectivity index is 2.76. The van der Waals surface area contributed by atoms with Crippen molar-refractivity contribution in [3.05, 3.63) is 24.3 Å². The minimum absolute atomic E-state index is 0.0277. The fourth-order valence-electron chi connectivity index (χ4n) is 1.39. The lowest BCUT2D eigenvalue weighted by atomic mass is 10.3. The molecule has 1 rings (SSSR count). The van der Waals surface area contributed by atoms with Gasteiger partial charge in [0.2, 0.25) is 10.0 Å². The molecule has 0 aliphatic carbocycles. The van der Waals surface area contributed by atoms with Crippen LogP contribution in [0.5, 0.6) is 5.75 Å². The molecular formula is C11H15NO5S. The second-order valence-electron chi connectivity index (χ2n) is 3.80. The van der Waals surface area contributed by atoms with E-state index in [1.54, 1.807) is 6.07 Å². The highest BCUT2D eigenvalue weighted by atomic mass is 32.2. The van der Waals surface area contributed by atoms with E-state index in [-0.39, 0.29) is 24.3 Å². The first kappa shape index (κ1) is 14.3. The maximum Gasteiger partial charge on any atom is 0.303 e. The Morgan fingerprint density at radius 3 is 2.61 bits per heavy atom. The van der Waals surface area contributed by atoms with Crippen LogP contribution in [0.25, 0.3) is 0 Å². The zero-order valence-electron chi connectivity index (χ0n) is 9.91. The minimum Gasteiger partial charge on any atom is -0.508 e. The summed E-state index contributed by atoms with van der Waals surface area (Å²) >= 11 is 0. The van der Waals surface area contributed by atoms with Crippen LogP contribution in [0, 0.1) is 0 Å². The van der Waals surface area contributed by atoms with Gasteiger partial charge in [0.1, 0.15) is 5.75 Å². The van der Waals surface area contributed by atoms with Crippen molar-refractivity contribution < 1.29 is 23.4 Å². The second kappa shape index (κ2) is 5.72. The molecule has 0 atom stereocenters. The average molecular weight is 273 g/mol. The van der Waals surface area contributed by atoms with E-state index in [4.69, 9.17) is 5.11 Å². The van der Waals surface area contributed by atoms with Crippen LogP contribution in [-0.4, -0.2) is 37.4 Å². The normalized spacial score (nSPS) is 11.2. The zero-order chi connectivity index (χ0) is 13.8. The lowest BCUT2D eigenvalue weighted by molar-refractivity contribution is -0.137. The largest absolute Gasteiger partial charge is 0.508 e. The van der Waals surface area contributed by atoms with Crippen LogP contribution in [-0.2, 0) is 14.8 Å². The molecule has 100 valence electrons. The molecule has 0 bridgehead atoms. The number of rotatable bonds is 6. The van der Waals surface area contributed by atoms with Crippen LogP contribution in [0.15, 0.2) is 24.3 Å². The average Bonchev–Trinajstić information content (AvgIpc) is 2.27. The number of aromatic hydroxyl groups is 1. The summed E-state index contributed by atoms with van der Waals surface area (Å²) in [7, 11) is -2.20. The SMILES string of the molecule is CN(c1cccc(O)c1)S(=O)(=O)CCCC(=O)O. The van der Waals surface area contributed by atoms with E-state index in [2.05, 4.69) is 0 Å². The number of phenolic OH excluding ortho intramolecular Hbond substituents is 1. The molecule has 0 fully saturated rings. The van der Waals surface area contributed by atoms with E-state index >= 15 is 0 Å². The first-order valence-electron chi connectivity index (χ1n) is 5.30. The van der Waals surface area contributed by atoms with Gasteiger partial charge < -0.3 is 10.2 Å². The fraction of sp³-hybridized carbons (Fsp3) is 0.364. The molecule has 7 heteroatoms. The highest BCUT2D eigenvalue weighted by molar-refractivity contribution is 7.92. The molecule has 0 saturated carbocycles. The predicted molar refractivity (Wildman–Crippen MR) is 67.2 cm³/mol. The third-order valence-corrected chi connectivity index (χ3v) is 4.25. The van der Waals surface area contributed by atoms with Crippen molar-refractivity contribution in [2.75, 3.05) is 17.1 Å². The van der Waals surface area contributed by atoms with Gasteiger partial charge in [0.05, 0.1) is 11.4 Å². The number of aliphatic carboxylic acids is 1. The number of carboxylic acids is 1. The van der Waals surface area contributed by atoms with Crippen LogP contribution >= 0.6 is 0 Å². The standard InChI is InChI=1S/C11H15NO5S/c1-12(9-4-2-5-10(13)8-9)18(16,17)7-3-6-11(14)15/h2,4-5,8,13H,3,6-7H2,1H3,(H,14,15). The van der Waals surface area contributed by atoms with Gasteiger partial charge in [-0.1, -0.05) is 6.07 Å². The number of hydrogen-bond acceptors (Lipinski definition) is 4. The minimum atomic E-state index is -3.57. The number of nitrogens with zero attached hydrogens (tertiary/aromatic N) is 1. The van der Waals surface area contributed by atoms with Crippen molar-refractivity contribution in [2.45, 2.75) is 12.8 Å². The highest BCUT2D eigenvalue weighted by Gasteiger charge is 2.18. The molecule has 0 unspecified atom stereocenters. The van der Waals surface area contributed by atoms with E-state index in [9.17, 15) is 18.3 Å². The number of anilines is 1. The van der Waals surface area contributed by atoms with E-state index in [0.717, 1.165) is 4.31 Å². The summed E-state index contributed by atoms with van der Waals surface area (Å²) in [5.41, 5.74) is 0.338. The van der Waals surface area contributed by atoms with Gasteiger partial charge in [-0.3, -0.25) is 9.10 Å². The number of carboxylic acid groups (broad SMARTS) is 1. The first-order chi connectivity index (χ1) is 8.33. The highest BCUT2D eigenvalue weighted by Crippen LogP contribution is 2.21. The van der Waals surface area contributed by atoms with E-state index in [0.29, 0.717) is 5.69 Å². The molecule has 2 N–H and O–H groups in total. The van der Waals surface area contributed by atoms with Crippen molar-refractivity contribution in [1.29, 1.82) is 0 Å². The third-order valence-electron chi connectivity index (χ3n) is 2.40. The number of carbonyl (C=O) groups is 1. The lowest BCUT2D eigenvalue weighted by Gasteiger charge is -2.19. The first-order valence-corrected chi connectivity index (χ1v) is 6.91. The molecule has 0 saturated heterocycles. The summed E-state index contributed by atoms with van der Waals surface area (Å²) in [6.07, 6.45) is -0.131. The molecular weight excluding hydrogens is 258 g/mol. The Bertz CT molecular complexity index is 526. The van der Waals surface area contributed by atoms with Crippen molar-refractivity contribution >= 4 is 21.7 Å². The zero-order valence-corrected chi connectivity index (χ0v) is 10.7. The van der Waals surface area contributed by atoms with Gasteiger partial charge in [-0.15, -0.1) is 0 Å². The molecule has 0 amide bonds. The Morgan fingerprint density at radius 2 is 2.06 bits per heavy atom. The van der Waals surface area contributed by atoms with Gasteiger partial charge in [-0.25, -0.2) is 8.42 Å². The van der Waals surface area contributed by atoms with Crippen molar-refractivity contribution in [2.24, 2.45) is 0 Å². The summed E-state index contributed by atoms with van der Waals surface area (Å²) in [6.45, 7) is 0. The fourth-order valence-corrected chi connectivity index (χ4v) is 2.61. The maximum atomic E-state index is 11.9. The Morgan fingerprint density at radius 1 is 1.39 bits per heavy atom.